The van der Waals surface area contributed by atoms with Crippen LogP contribution in [0.3, 0.4) is 0 Å². The van der Waals surface area contributed by atoms with Crippen LogP contribution >= 0.6 is 35.6 Å². The van der Waals surface area contributed by atoms with Crippen LogP contribution < -0.4 is 10.6 Å². The third-order valence-corrected chi connectivity index (χ3v) is 5.00. The van der Waals surface area contributed by atoms with Crippen molar-refractivity contribution in [3.8, 4) is 0 Å². The summed E-state index contributed by atoms with van der Waals surface area (Å²) in [5.74, 6) is 0.806. The molecule has 1 aliphatic carbocycles. The summed E-state index contributed by atoms with van der Waals surface area (Å²) in [4.78, 5) is 8.64. The van der Waals surface area contributed by atoms with Crippen LogP contribution in [0.15, 0.2) is 53.7 Å². The Morgan fingerprint density at radius 2 is 1.92 bits per heavy atom. The van der Waals surface area contributed by atoms with E-state index in [0.717, 1.165) is 23.2 Å². The molecule has 4 nitrogen and oxygen atoms in total. The average Bonchev–Trinajstić information content (AvgIpc) is 2.59. The number of nitrogens with zero attached hydrogens (tertiary/aromatic N) is 2. The van der Waals surface area contributed by atoms with Crippen molar-refractivity contribution in [1.29, 1.82) is 0 Å². The molecule has 2 N–H and O–H groups in total. The van der Waals surface area contributed by atoms with Crippen molar-refractivity contribution in [3.05, 3.63) is 64.9 Å². The number of nitrogens with one attached hydrogen (secondary N) is 2. The fraction of sp³-hybridized carbons (Fsp3) is 0.368. The Labute approximate surface area is 171 Å². The second kappa shape index (κ2) is 9.38. The number of aliphatic imine (C=N–C) groups is 1. The molecule has 0 amide bonds. The zero-order valence-corrected chi connectivity index (χ0v) is 17.4. The van der Waals surface area contributed by atoms with Gasteiger partial charge in [-0.2, -0.15) is 0 Å². The molecule has 0 saturated heterocycles. The molecule has 1 fully saturated rings. The van der Waals surface area contributed by atoms with Crippen molar-refractivity contribution in [1.82, 2.24) is 15.6 Å². The molecule has 1 aromatic heterocycles. The SMILES string of the molecule is CN=C(NCc1ccccn1)NCC1(c2ccc(Cl)cc2)CCC1.I. The summed E-state index contributed by atoms with van der Waals surface area (Å²) in [5.41, 5.74) is 2.54. The predicted molar refractivity (Wildman–Crippen MR) is 115 cm³/mol. The monoisotopic (exact) mass is 470 g/mol. The molecule has 1 aromatic carbocycles. The second-order valence-electron chi connectivity index (χ2n) is 6.24. The summed E-state index contributed by atoms with van der Waals surface area (Å²) < 4.78 is 0. The van der Waals surface area contributed by atoms with Gasteiger partial charge in [0, 0.05) is 30.2 Å². The van der Waals surface area contributed by atoms with Crippen LogP contribution in [0, 0.1) is 0 Å². The van der Waals surface area contributed by atoms with Gasteiger partial charge in [0.15, 0.2) is 5.96 Å². The van der Waals surface area contributed by atoms with Gasteiger partial charge in [-0.1, -0.05) is 36.2 Å². The summed E-state index contributed by atoms with van der Waals surface area (Å²) in [6, 6.07) is 14.2. The number of halogens is 2. The Balaban J connectivity index is 0.00000225. The van der Waals surface area contributed by atoms with Gasteiger partial charge in [0.2, 0.25) is 0 Å². The summed E-state index contributed by atoms with van der Waals surface area (Å²) in [5, 5.41) is 7.58. The molecule has 134 valence electrons. The van der Waals surface area contributed by atoms with E-state index in [9.17, 15) is 0 Å². The number of pyridine rings is 1. The zero-order valence-electron chi connectivity index (χ0n) is 14.3. The Morgan fingerprint density at radius 1 is 1.16 bits per heavy atom. The van der Waals surface area contributed by atoms with Crippen molar-refractivity contribution in [2.75, 3.05) is 13.6 Å². The second-order valence-corrected chi connectivity index (χ2v) is 6.68. The zero-order chi connectivity index (χ0) is 16.8. The van der Waals surface area contributed by atoms with E-state index in [1.54, 1.807) is 13.2 Å². The van der Waals surface area contributed by atoms with E-state index in [2.05, 4.69) is 32.7 Å². The minimum absolute atomic E-state index is 0. The summed E-state index contributed by atoms with van der Waals surface area (Å²) >= 11 is 6.02. The molecule has 0 radical (unpaired) electrons. The number of benzene rings is 1. The van der Waals surface area contributed by atoms with E-state index in [0.29, 0.717) is 6.54 Å². The highest BCUT2D eigenvalue weighted by atomic mass is 127. The smallest absolute Gasteiger partial charge is 0.191 e. The summed E-state index contributed by atoms with van der Waals surface area (Å²) in [7, 11) is 1.80. The topological polar surface area (TPSA) is 49.3 Å². The number of guanidine groups is 1. The van der Waals surface area contributed by atoms with E-state index in [1.807, 2.05) is 30.3 Å². The van der Waals surface area contributed by atoms with E-state index >= 15 is 0 Å². The van der Waals surface area contributed by atoms with Gasteiger partial charge < -0.3 is 10.6 Å². The van der Waals surface area contributed by atoms with Crippen molar-refractivity contribution >= 4 is 41.5 Å². The maximum Gasteiger partial charge on any atom is 0.191 e. The highest BCUT2D eigenvalue weighted by Crippen LogP contribution is 2.43. The first-order chi connectivity index (χ1) is 11.7. The maximum atomic E-state index is 6.02. The molecule has 0 atom stereocenters. The van der Waals surface area contributed by atoms with Crippen LogP contribution in [0.4, 0.5) is 0 Å². The first kappa shape index (κ1) is 20.0. The van der Waals surface area contributed by atoms with Crippen LogP contribution in [0.5, 0.6) is 0 Å². The van der Waals surface area contributed by atoms with Gasteiger partial charge in [-0.3, -0.25) is 9.98 Å². The van der Waals surface area contributed by atoms with Crippen molar-refractivity contribution < 1.29 is 0 Å². The lowest BCUT2D eigenvalue weighted by atomic mass is 9.64. The van der Waals surface area contributed by atoms with Crippen molar-refractivity contribution in [2.45, 2.75) is 31.2 Å². The number of hydrogen-bond donors (Lipinski definition) is 2. The van der Waals surface area contributed by atoms with Gasteiger partial charge >= 0.3 is 0 Å². The minimum Gasteiger partial charge on any atom is -0.356 e. The Hall–Kier alpha value is -1.34. The third kappa shape index (κ3) is 5.07. The van der Waals surface area contributed by atoms with Crippen molar-refractivity contribution in [3.63, 3.8) is 0 Å². The Morgan fingerprint density at radius 3 is 2.48 bits per heavy atom. The summed E-state index contributed by atoms with van der Waals surface area (Å²) in [6.45, 7) is 1.53. The van der Waals surface area contributed by atoms with E-state index in [4.69, 9.17) is 11.6 Å². The van der Waals surface area contributed by atoms with Gasteiger partial charge in [-0.05, 0) is 42.7 Å². The molecular weight excluding hydrogens is 447 g/mol. The van der Waals surface area contributed by atoms with Gasteiger partial charge in [-0.15, -0.1) is 24.0 Å². The molecular formula is C19H24ClIN4. The van der Waals surface area contributed by atoms with E-state index < -0.39 is 0 Å². The predicted octanol–water partition coefficient (Wildman–Crippen LogP) is 4.14. The minimum atomic E-state index is 0. The fourth-order valence-electron chi connectivity index (χ4n) is 3.13. The number of aromatic nitrogens is 1. The van der Waals surface area contributed by atoms with Crippen LogP contribution in [0.1, 0.15) is 30.5 Å². The first-order valence-corrected chi connectivity index (χ1v) is 8.70. The summed E-state index contributed by atoms with van der Waals surface area (Å²) in [6.07, 6.45) is 5.46. The average molecular weight is 471 g/mol. The largest absolute Gasteiger partial charge is 0.356 e. The van der Waals surface area contributed by atoms with Gasteiger partial charge in [0.1, 0.15) is 0 Å². The molecule has 0 spiro atoms. The van der Waals surface area contributed by atoms with Gasteiger partial charge in [-0.25, -0.2) is 0 Å². The molecule has 0 unspecified atom stereocenters. The molecule has 0 aliphatic heterocycles. The molecule has 1 aliphatic rings. The van der Waals surface area contributed by atoms with Crippen LogP contribution in [0.25, 0.3) is 0 Å². The van der Waals surface area contributed by atoms with Crippen LogP contribution in [-0.2, 0) is 12.0 Å². The van der Waals surface area contributed by atoms with Crippen molar-refractivity contribution in [2.24, 2.45) is 4.99 Å². The lowest BCUT2D eigenvalue weighted by Crippen LogP contribution is -2.48. The lowest BCUT2D eigenvalue weighted by molar-refractivity contribution is 0.244. The molecule has 3 rings (SSSR count). The van der Waals surface area contributed by atoms with Crippen LogP contribution in [0.2, 0.25) is 5.02 Å². The molecule has 1 heterocycles. The highest BCUT2D eigenvalue weighted by molar-refractivity contribution is 14.0. The van der Waals surface area contributed by atoms with E-state index in [-0.39, 0.29) is 29.4 Å². The number of hydrogen-bond acceptors (Lipinski definition) is 2. The fourth-order valence-corrected chi connectivity index (χ4v) is 3.25. The lowest BCUT2D eigenvalue weighted by Gasteiger charge is -2.43. The standard InChI is InChI=1S/C19H23ClN4.HI/c1-21-18(23-13-17-5-2-3-12-22-17)24-14-19(10-4-11-19)15-6-8-16(20)9-7-15;/h2-3,5-9,12H,4,10-11,13-14H2,1H3,(H2,21,23,24);1H. The van der Waals surface area contributed by atoms with E-state index in [1.165, 1.54) is 24.8 Å². The number of rotatable bonds is 5. The third-order valence-electron chi connectivity index (χ3n) is 4.75. The highest BCUT2D eigenvalue weighted by Gasteiger charge is 2.38. The normalized spacial score (nSPS) is 15.7. The maximum absolute atomic E-state index is 6.02. The van der Waals surface area contributed by atoms with Crippen LogP contribution in [-0.4, -0.2) is 24.5 Å². The molecule has 6 heteroatoms. The van der Waals surface area contributed by atoms with Gasteiger partial charge in [0.05, 0.1) is 12.2 Å². The molecule has 25 heavy (non-hydrogen) atoms. The van der Waals surface area contributed by atoms with Gasteiger partial charge in [0.25, 0.3) is 0 Å². The quantitative estimate of drug-likeness (QED) is 0.392. The molecule has 1 saturated carbocycles. The molecule has 2 aromatic rings. The molecule has 0 bridgehead atoms. The first-order valence-electron chi connectivity index (χ1n) is 8.32. The Kier molecular flexibility index (Phi) is 7.50. The Bertz CT molecular complexity index is 684.